The highest BCUT2D eigenvalue weighted by atomic mass is 16.5. The van der Waals surface area contributed by atoms with E-state index in [2.05, 4.69) is 41.1 Å². The van der Waals surface area contributed by atoms with Gasteiger partial charge in [0, 0.05) is 46.1 Å². The molecule has 0 spiro atoms. The van der Waals surface area contributed by atoms with E-state index < -0.39 is 0 Å². The molecular formula is C18H26N2O2. The van der Waals surface area contributed by atoms with E-state index >= 15 is 0 Å². The number of ether oxygens (including phenoxy) is 1. The zero-order valence-corrected chi connectivity index (χ0v) is 13.7. The lowest BCUT2D eigenvalue weighted by Gasteiger charge is -2.43. The smallest absolute Gasteiger partial charge is 0.229 e. The molecule has 1 saturated carbocycles. The Balaban J connectivity index is 1.79. The summed E-state index contributed by atoms with van der Waals surface area (Å²) in [5.74, 6) is 0.334. The fourth-order valence-corrected chi connectivity index (χ4v) is 3.67. The molecule has 0 radical (unpaired) electrons. The lowest BCUT2D eigenvalue weighted by atomic mass is 9.65. The molecule has 1 aromatic rings. The summed E-state index contributed by atoms with van der Waals surface area (Å²) in [6.07, 6.45) is 4.06. The van der Waals surface area contributed by atoms with Gasteiger partial charge in [-0.15, -0.1) is 0 Å². The minimum absolute atomic E-state index is 0.159. The van der Waals surface area contributed by atoms with Gasteiger partial charge in [0.15, 0.2) is 0 Å². The van der Waals surface area contributed by atoms with Crippen molar-refractivity contribution in [3.8, 4) is 0 Å². The standard InChI is InChI=1S/C18H26N2O2/c1-19-11-12-20(14-15-6-3-4-7-16(15)19)17(21)18(8-5-9-18)10-13-22-2/h3-4,6-7H,5,8-14H2,1-2H3. The summed E-state index contributed by atoms with van der Waals surface area (Å²) in [6, 6.07) is 8.41. The molecule has 1 heterocycles. The molecule has 1 fully saturated rings. The number of nitrogens with zero attached hydrogens (tertiary/aromatic N) is 2. The van der Waals surface area contributed by atoms with Crippen molar-refractivity contribution >= 4 is 11.6 Å². The Kier molecular flexibility index (Phi) is 4.39. The number of carbonyl (C=O) groups is 1. The van der Waals surface area contributed by atoms with Crippen LogP contribution in [-0.4, -0.2) is 44.7 Å². The van der Waals surface area contributed by atoms with Crippen LogP contribution in [0.1, 0.15) is 31.2 Å². The number of amides is 1. The van der Waals surface area contributed by atoms with Gasteiger partial charge in [0.1, 0.15) is 0 Å². The van der Waals surface area contributed by atoms with E-state index in [9.17, 15) is 4.79 Å². The second-order valence-electron chi connectivity index (χ2n) is 6.65. The quantitative estimate of drug-likeness (QED) is 0.857. The van der Waals surface area contributed by atoms with Crippen LogP contribution in [0.15, 0.2) is 24.3 Å². The van der Waals surface area contributed by atoms with Crippen molar-refractivity contribution < 1.29 is 9.53 Å². The van der Waals surface area contributed by atoms with Crippen LogP contribution in [0.2, 0.25) is 0 Å². The summed E-state index contributed by atoms with van der Waals surface area (Å²) in [5.41, 5.74) is 2.34. The minimum atomic E-state index is -0.159. The maximum absolute atomic E-state index is 13.1. The van der Waals surface area contributed by atoms with Crippen LogP contribution in [0.5, 0.6) is 0 Å². The van der Waals surface area contributed by atoms with Crippen molar-refractivity contribution in [2.75, 3.05) is 38.8 Å². The van der Waals surface area contributed by atoms with E-state index in [4.69, 9.17) is 4.74 Å². The number of hydrogen-bond donors (Lipinski definition) is 0. The molecule has 1 aliphatic carbocycles. The van der Waals surface area contributed by atoms with Crippen LogP contribution in [0.25, 0.3) is 0 Å². The molecule has 120 valence electrons. The van der Waals surface area contributed by atoms with Gasteiger partial charge in [-0.05, 0) is 30.9 Å². The van der Waals surface area contributed by atoms with Gasteiger partial charge in [-0.1, -0.05) is 24.6 Å². The number of benzene rings is 1. The number of methoxy groups -OCH3 is 1. The van der Waals surface area contributed by atoms with E-state index in [1.807, 2.05) is 0 Å². The molecule has 1 aromatic carbocycles. The zero-order valence-electron chi connectivity index (χ0n) is 13.7. The molecule has 4 nitrogen and oxygen atoms in total. The topological polar surface area (TPSA) is 32.8 Å². The molecule has 1 aliphatic heterocycles. The maximum Gasteiger partial charge on any atom is 0.229 e. The number of rotatable bonds is 4. The largest absolute Gasteiger partial charge is 0.385 e. The highest BCUT2D eigenvalue weighted by Gasteiger charge is 2.46. The van der Waals surface area contributed by atoms with E-state index in [0.29, 0.717) is 12.5 Å². The SMILES string of the molecule is COCCC1(C(=O)N2CCN(C)c3ccccc3C2)CCC1. The first kappa shape index (κ1) is 15.3. The average molecular weight is 302 g/mol. The number of para-hydroxylation sites is 1. The first-order valence-electron chi connectivity index (χ1n) is 8.24. The predicted octanol–water partition coefficient (Wildman–Crippen LogP) is 2.67. The number of likely N-dealkylation sites (N-methyl/N-ethyl adjacent to an activating group) is 1. The van der Waals surface area contributed by atoms with Crippen molar-refractivity contribution in [1.29, 1.82) is 0 Å². The predicted molar refractivity (Wildman–Crippen MR) is 87.9 cm³/mol. The molecule has 1 amide bonds. The van der Waals surface area contributed by atoms with E-state index in [1.165, 1.54) is 17.7 Å². The summed E-state index contributed by atoms with van der Waals surface area (Å²) >= 11 is 0. The van der Waals surface area contributed by atoms with Crippen molar-refractivity contribution in [1.82, 2.24) is 4.90 Å². The molecule has 22 heavy (non-hydrogen) atoms. The van der Waals surface area contributed by atoms with Gasteiger partial charge in [-0.3, -0.25) is 4.79 Å². The summed E-state index contributed by atoms with van der Waals surface area (Å²) in [7, 11) is 3.82. The third-order valence-corrected chi connectivity index (χ3v) is 5.31. The number of fused-ring (bicyclic) bond motifs is 1. The van der Waals surface area contributed by atoms with Gasteiger partial charge in [0.2, 0.25) is 5.91 Å². The molecular weight excluding hydrogens is 276 g/mol. The highest BCUT2D eigenvalue weighted by molar-refractivity contribution is 5.84. The van der Waals surface area contributed by atoms with Crippen molar-refractivity contribution in [2.45, 2.75) is 32.2 Å². The van der Waals surface area contributed by atoms with Gasteiger partial charge in [0.25, 0.3) is 0 Å². The molecule has 0 aromatic heterocycles. The van der Waals surface area contributed by atoms with Crippen LogP contribution < -0.4 is 4.90 Å². The van der Waals surface area contributed by atoms with Crippen LogP contribution in [0, 0.1) is 5.41 Å². The zero-order chi connectivity index (χ0) is 15.6. The second-order valence-corrected chi connectivity index (χ2v) is 6.65. The molecule has 0 bridgehead atoms. The Bertz CT molecular complexity index is 540. The number of hydrogen-bond acceptors (Lipinski definition) is 3. The van der Waals surface area contributed by atoms with Crippen LogP contribution >= 0.6 is 0 Å². The van der Waals surface area contributed by atoms with Gasteiger partial charge in [-0.2, -0.15) is 0 Å². The van der Waals surface area contributed by atoms with Crippen molar-refractivity contribution in [3.05, 3.63) is 29.8 Å². The van der Waals surface area contributed by atoms with Crippen LogP contribution in [0.3, 0.4) is 0 Å². The number of anilines is 1. The minimum Gasteiger partial charge on any atom is -0.385 e. The summed E-state index contributed by atoms with van der Waals surface area (Å²) in [6.45, 7) is 3.10. The first-order chi connectivity index (χ1) is 10.7. The first-order valence-corrected chi connectivity index (χ1v) is 8.24. The molecule has 0 unspecified atom stereocenters. The lowest BCUT2D eigenvalue weighted by molar-refractivity contribution is -0.149. The van der Waals surface area contributed by atoms with Gasteiger partial charge in [0.05, 0.1) is 5.41 Å². The normalized spacial score (nSPS) is 20.1. The Morgan fingerprint density at radius 1 is 1.27 bits per heavy atom. The third kappa shape index (κ3) is 2.72. The maximum atomic E-state index is 13.1. The molecule has 0 saturated heterocycles. The Hall–Kier alpha value is -1.55. The molecule has 0 atom stereocenters. The summed E-state index contributed by atoms with van der Waals surface area (Å²) in [5, 5.41) is 0. The van der Waals surface area contributed by atoms with Crippen LogP contribution in [-0.2, 0) is 16.1 Å². The number of carbonyl (C=O) groups excluding carboxylic acids is 1. The molecule has 4 heteroatoms. The monoisotopic (exact) mass is 302 g/mol. The molecule has 0 N–H and O–H groups in total. The van der Waals surface area contributed by atoms with Crippen LogP contribution in [0.4, 0.5) is 5.69 Å². The third-order valence-electron chi connectivity index (χ3n) is 5.31. The van der Waals surface area contributed by atoms with Crippen molar-refractivity contribution in [3.63, 3.8) is 0 Å². The van der Waals surface area contributed by atoms with Gasteiger partial charge in [-0.25, -0.2) is 0 Å². The molecule has 2 aliphatic rings. The van der Waals surface area contributed by atoms with Gasteiger partial charge < -0.3 is 14.5 Å². The second kappa shape index (κ2) is 6.29. The highest BCUT2D eigenvalue weighted by Crippen LogP contribution is 2.46. The summed E-state index contributed by atoms with van der Waals surface area (Å²) in [4.78, 5) is 17.5. The van der Waals surface area contributed by atoms with E-state index in [-0.39, 0.29) is 5.41 Å². The lowest BCUT2D eigenvalue weighted by Crippen LogP contribution is -2.49. The Morgan fingerprint density at radius 2 is 2.05 bits per heavy atom. The summed E-state index contributed by atoms with van der Waals surface area (Å²) < 4.78 is 5.23. The average Bonchev–Trinajstić information content (AvgIpc) is 2.66. The molecule has 3 rings (SSSR count). The van der Waals surface area contributed by atoms with E-state index in [0.717, 1.165) is 38.9 Å². The Morgan fingerprint density at radius 3 is 2.73 bits per heavy atom. The fraction of sp³-hybridized carbons (Fsp3) is 0.611. The van der Waals surface area contributed by atoms with E-state index in [1.54, 1.807) is 7.11 Å². The van der Waals surface area contributed by atoms with Crippen molar-refractivity contribution in [2.24, 2.45) is 5.41 Å². The fourth-order valence-electron chi connectivity index (χ4n) is 3.67. The van der Waals surface area contributed by atoms with Gasteiger partial charge >= 0.3 is 0 Å². The Labute approximate surface area is 133 Å².